The first-order chi connectivity index (χ1) is 7.86. The molecular formula is C8H10ClN3O4S. The molecule has 1 unspecified atom stereocenters. The number of hydrogen-bond donors (Lipinski definition) is 0. The Kier molecular flexibility index (Phi) is 4.35. The smallest absolute Gasteiger partial charge is 0.258 e. The number of aromatic nitrogens is 2. The third kappa shape index (κ3) is 3.60. The highest BCUT2D eigenvalue weighted by Crippen LogP contribution is 2.13. The Labute approximate surface area is 103 Å². The van der Waals surface area contributed by atoms with E-state index in [1.54, 1.807) is 6.92 Å². The summed E-state index contributed by atoms with van der Waals surface area (Å²) in [6.07, 6.45) is 1.73. The maximum atomic E-state index is 11.7. The number of sulfone groups is 1. The van der Waals surface area contributed by atoms with Crippen LogP contribution in [0.5, 0.6) is 0 Å². The van der Waals surface area contributed by atoms with Crippen molar-refractivity contribution in [1.82, 2.24) is 9.97 Å². The third-order valence-corrected chi connectivity index (χ3v) is 4.17. The second kappa shape index (κ2) is 5.37. The number of alkyl halides is 1. The van der Waals surface area contributed by atoms with E-state index in [-0.39, 0.29) is 23.2 Å². The zero-order valence-electron chi connectivity index (χ0n) is 8.91. The largest absolute Gasteiger partial charge is 0.305 e. The molecule has 0 bridgehead atoms. The second-order valence-electron chi connectivity index (χ2n) is 3.52. The van der Waals surface area contributed by atoms with E-state index in [1.807, 2.05) is 0 Å². The fourth-order valence-corrected chi connectivity index (χ4v) is 2.74. The van der Waals surface area contributed by atoms with Crippen molar-refractivity contribution in [3.8, 4) is 0 Å². The van der Waals surface area contributed by atoms with Gasteiger partial charge in [0.1, 0.15) is 12.4 Å². The highest BCUT2D eigenvalue weighted by atomic mass is 35.5. The van der Waals surface area contributed by atoms with Gasteiger partial charge in [0.25, 0.3) is 0 Å². The van der Waals surface area contributed by atoms with Gasteiger partial charge in [-0.1, -0.05) is 6.92 Å². The maximum absolute atomic E-state index is 11.7. The lowest BCUT2D eigenvalue weighted by atomic mass is 10.3. The van der Waals surface area contributed by atoms with Crippen LogP contribution >= 0.6 is 11.6 Å². The van der Waals surface area contributed by atoms with E-state index in [4.69, 9.17) is 11.6 Å². The van der Waals surface area contributed by atoms with Crippen LogP contribution in [0, 0.1) is 16.0 Å². The van der Waals surface area contributed by atoms with E-state index in [0.717, 1.165) is 12.4 Å². The van der Waals surface area contributed by atoms with Gasteiger partial charge in [-0.15, -0.1) is 11.6 Å². The van der Waals surface area contributed by atoms with Gasteiger partial charge in [-0.3, -0.25) is 10.1 Å². The van der Waals surface area contributed by atoms with Gasteiger partial charge in [0.15, 0.2) is 0 Å². The molecule has 0 amide bonds. The summed E-state index contributed by atoms with van der Waals surface area (Å²) in [6, 6.07) is 0. The van der Waals surface area contributed by atoms with Crippen LogP contribution in [-0.4, -0.2) is 34.9 Å². The second-order valence-corrected chi connectivity index (χ2v) is 5.76. The highest BCUT2D eigenvalue weighted by Gasteiger charge is 2.22. The van der Waals surface area contributed by atoms with Crippen LogP contribution in [0.3, 0.4) is 0 Å². The standard InChI is InChI=1S/C8H10ClN3O4S/c1-6(2-9)5-17(15,16)8-10-3-7(4-11-8)12(13)14/h3-4,6H,2,5H2,1H3. The van der Waals surface area contributed by atoms with E-state index >= 15 is 0 Å². The lowest BCUT2D eigenvalue weighted by Crippen LogP contribution is -2.17. The van der Waals surface area contributed by atoms with Gasteiger partial charge in [0.2, 0.25) is 15.0 Å². The summed E-state index contributed by atoms with van der Waals surface area (Å²) in [5, 5.41) is 9.93. The number of halogens is 1. The average Bonchev–Trinajstić information content (AvgIpc) is 2.28. The van der Waals surface area contributed by atoms with E-state index < -0.39 is 19.9 Å². The topological polar surface area (TPSA) is 103 Å². The van der Waals surface area contributed by atoms with Crippen LogP contribution in [0.25, 0.3) is 0 Å². The first-order valence-electron chi connectivity index (χ1n) is 4.62. The number of nitro groups is 1. The fraction of sp³-hybridized carbons (Fsp3) is 0.500. The van der Waals surface area contributed by atoms with Crippen molar-refractivity contribution in [2.75, 3.05) is 11.6 Å². The lowest BCUT2D eigenvalue weighted by molar-refractivity contribution is -0.385. The molecule has 1 aromatic rings. The average molecular weight is 280 g/mol. The van der Waals surface area contributed by atoms with Crippen molar-refractivity contribution in [3.63, 3.8) is 0 Å². The van der Waals surface area contributed by atoms with Crippen LogP contribution in [0.15, 0.2) is 17.6 Å². The summed E-state index contributed by atoms with van der Waals surface area (Å²) in [6.45, 7) is 1.68. The minimum Gasteiger partial charge on any atom is -0.258 e. The number of rotatable bonds is 5. The highest BCUT2D eigenvalue weighted by molar-refractivity contribution is 7.91. The molecule has 0 radical (unpaired) electrons. The molecule has 1 rings (SSSR count). The molecular weight excluding hydrogens is 270 g/mol. The fourth-order valence-electron chi connectivity index (χ4n) is 1.06. The van der Waals surface area contributed by atoms with Gasteiger partial charge in [0.05, 0.1) is 10.7 Å². The maximum Gasteiger partial charge on any atom is 0.305 e. The first kappa shape index (κ1) is 13.8. The molecule has 1 atom stereocenters. The van der Waals surface area contributed by atoms with E-state index in [9.17, 15) is 18.5 Å². The minimum atomic E-state index is -3.64. The molecule has 1 heterocycles. The Bertz CT molecular complexity index is 502. The third-order valence-electron chi connectivity index (χ3n) is 1.87. The van der Waals surface area contributed by atoms with Crippen LogP contribution < -0.4 is 0 Å². The Balaban J connectivity index is 2.96. The Morgan fingerprint density at radius 3 is 2.41 bits per heavy atom. The molecule has 0 fully saturated rings. The van der Waals surface area contributed by atoms with Crippen molar-refractivity contribution < 1.29 is 13.3 Å². The lowest BCUT2D eigenvalue weighted by Gasteiger charge is -2.06. The molecule has 94 valence electrons. The van der Waals surface area contributed by atoms with Gasteiger partial charge < -0.3 is 0 Å². The molecule has 0 N–H and O–H groups in total. The summed E-state index contributed by atoms with van der Waals surface area (Å²) < 4.78 is 23.5. The number of hydrogen-bond acceptors (Lipinski definition) is 6. The van der Waals surface area contributed by atoms with Crippen molar-refractivity contribution in [1.29, 1.82) is 0 Å². The summed E-state index contributed by atoms with van der Waals surface area (Å²) in [5.74, 6) is -0.221. The molecule has 0 saturated heterocycles. The molecule has 0 spiro atoms. The van der Waals surface area contributed by atoms with Crippen LogP contribution in [-0.2, 0) is 9.84 Å². The predicted molar refractivity (Wildman–Crippen MR) is 60.6 cm³/mol. The molecule has 0 aliphatic rings. The zero-order chi connectivity index (χ0) is 13.1. The van der Waals surface area contributed by atoms with Crippen molar-refractivity contribution in [2.45, 2.75) is 12.1 Å². The quantitative estimate of drug-likeness (QED) is 0.345. The first-order valence-corrected chi connectivity index (χ1v) is 6.80. The molecule has 0 saturated carbocycles. The van der Waals surface area contributed by atoms with Crippen LogP contribution in [0.2, 0.25) is 0 Å². The number of nitrogens with zero attached hydrogens (tertiary/aromatic N) is 3. The summed E-state index contributed by atoms with van der Waals surface area (Å²) in [7, 11) is -3.64. The summed E-state index contributed by atoms with van der Waals surface area (Å²) in [5.41, 5.74) is -0.352. The zero-order valence-corrected chi connectivity index (χ0v) is 10.5. The Hall–Kier alpha value is -1.28. The van der Waals surface area contributed by atoms with Gasteiger partial charge in [-0.05, 0) is 5.92 Å². The van der Waals surface area contributed by atoms with Gasteiger partial charge in [-0.2, -0.15) is 0 Å². The predicted octanol–water partition coefficient (Wildman–Crippen LogP) is 1.03. The molecule has 1 aromatic heterocycles. The normalized spacial score (nSPS) is 13.3. The van der Waals surface area contributed by atoms with Gasteiger partial charge in [0, 0.05) is 5.88 Å². The molecule has 0 aromatic carbocycles. The Morgan fingerprint density at radius 1 is 1.47 bits per heavy atom. The van der Waals surface area contributed by atoms with Crippen molar-refractivity contribution in [2.24, 2.45) is 5.92 Å². The SMILES string of the molecule is CC(CCl)CS(=O)(=O)c1ncc([N+](=O)[O-])cn1. The van der Waals surface area contributed by atoms with E-state index in [1.165, 1.54) is 0 Å². The van der Waals surface area contributed by atoms with Gasteiger partial charge in [-0.25, -0.2) is 18.4 Å². The van der Waals surface area contributed by atoms with Crippen LogP contribution in [0.1, 0.15) is 6.92 Å². The van der Waals surface area contributed by atoms with Crippen molar-refractivity contribution in [3.05, 3.63) is 22.5 Å². The molecule has 7 nitrogen and oxygen atoms in total. The van der Waals surface area contributed by atoms with Crippen molar-refractivity contribution >= 4 is 27.1 Å². The molecule has 0 aliphatic carbocycles. The van der Waals surface area contributed by atoms with Crippen LogP contribution in [0.4, 0.5) is 5.69 Å². The van der Waals surface area contributed by atoms with Gasteiger partial charge >= 0.3 is 5.69 Å². The summed E-state index contributed by atoms with van der Waals surface area (Å²) in [4.78, 5) is 16.6. The molecule has 17 heavy (non-hydrogen) atoms. The molecule has 9 heteroatoms. The molecule has 0 aliphatic heterocycles. The summed E-state index contributed by atoms with van der Waals surface area (Å²) >= 11 is 5.52. The monoisotopic (exact) mass is 279 g/mol. The Morgan fingerprint density at radius 2 is 2.00 bits per heavy atom. The van der Waals surface area contributed by atoms with E-state index in [2.05, 4.69) is 9.97 Å². The van der Waals surface area contributed by atoms with E-state index in [0.29, 0.717) is 0 Å². The minimum absolute atomic E-state index is 0.186.